The summed E-state index contributed by atoms with van der Waals surface area (Å²) in [6.45, 7) is 3.89. The molecule has 2 aromatic carbocycles. The summed E-state index contributed by atoms with van der Waals surface area (Å²) in [6, 6.07) is 23.0. The second kappa shape index (κ2) is 7.45. The van der Waals surface area contributed by atoms with Crippen molar-refractivity contribution in [2.45, 2.75) is 56.6 Å². The van der Waals surface area contributed by atoms with Crippen molar-refractivity contribution in [3.05, 3.63) is 83.7 Å². The molecule has 2 saturated carbocycles. The Hall–Kier alpha value is -3.61. The zero-order valence-corrected chi connectivity index (χ0v) is 20.6. The molecule has 0 radical (unpaired) electrons. The minimum absolute atomic E-state index is 0.482. The van der Waals surface area contributed by atoms with Crippen molar-refractivity contribution in [2.24, 2.45) is 5.73 Å². The molecular weight excluding hydrogens is 446 g/mol. The smallest absolute Gasteiger partial charge is 0.165 e. The van der Waals surface area contributed by atoms with Crippen molar-refractivity contribution in [3.63, 3.8) is 0 Å². The van der Waals surface area contributed by atoms with Gasteiger partial charge in [-0.3, -0.25) is 0 Å². The first-order valence-electron chi connectivity index (χ1n) is 12.7. The van der Waals surface area contributed by atoms with E-state index in [1.54, 1.807) is 0 Å². The highest BCUT2D eigenvalue weighted by Crippen LogP contribution is 2.46. The zero-order valence-electron chi connectivity index (χ0n) is 20.6. The molecule has 0 aliphatic heterocycles. The van der Waals surface area contributed by atoms with Crippen molar-refractivity contribution in [3.8, 4) is 22.4 Å². The van der Waals surface area contributed by atoms with Crippen molar-refractivity contribution in [2.75, 3.05) is 0 Å². The molecule has 180 valence electrons. The van der Waals surface area contributed by atoms with E-state index in [2.05, 4.69) is 60.7 Å². The number of benzene rings is 2. The molecular formula is C30H29N5O. The Labute approximate surface area is 209 Å². The van der Waals surface area contributed by atoms with Gasteiger partial charge in [-0.1, -0.05) is 54.6 Å². The van der Waals surface area contributed by atoms with E-state index in [1.165, 1.54) is 12.8 Å². The van der Waals surface area contributed by atoms with E-state index in [9.17, 15) is 5.11 Å². The Morgan fingerprint density at radius 1 is 0.944 bits per heavy atom. The fourth-order valence-electron chi connectivity index (χ4n) is 5.90. The minimum atomic E-state index is -0.686. The zero-order chi connectivity index (χ0) is 24.7. The molecule has 2 aliphatic rings. The Kier molecular flexibility index (Phi) is 4.48. The average molecular weight is 476 g/mol. The second-order valence-corrected chi connectivity index (χ2v) is 11.0. The molecule has 2 fully saturated rings. The molecule has 3 aromatic heterocycles. The molecule has 5 aromatic rings. The van der Waals surface area contributed by atoms with Crippen LogP contribution in [0.3, 0.4) is 0 Å². The summed E-state index contributed by atoms with van der Waals surface area (Å²) in [6.07, 6.45) is 3.52. The number of hydrogen-bond acceptors (Lipinski definition) is 5. The maximum Gasteiger partial charge on any atom is 0.165 e. The van der Waals surface area contributed by atoms with Gasteiger partial charge in [0, 0.05) is 34.0 Å². The molecule has 0 saturated heterocycles. The van der Waals surface area contributed by atoms with Gasteiger partial charge in [-0.15, -0.1) is 0 Å². The number of fused-ring (bicyclic) bond motifs is 3. The SMILES string of the molecule is Cc1nc2cc(C3CC3)nn2c2nc(-c3ccc([C@]4(N)C[C@](C)(O)C4)cc3)c(-c3ccccc3)cc12. The summed E-state index contributed by atoms with van der Waals surface area (Å²) in [5, 5.41) is 16.2. The van der Waals surface area contributed by atoms with E-state index in [0.29, 0.717) is 18.8 Å². The van der Waals surface area contributed by atoms with E-state index in [-0.39, 0.29) is 0 Å². The standard InChI is InChI=1S/C30H29N5O/c1-18-23-14-24(19-6-4-3-5-7-19)27(21-10-12-22(13-11-21)30(31)16-29(2,36)17-30)33-28(23)35-26(32-18)15-25(34-35)20-8-9-20/h3-7,10-15,20,36H,8-9,16-17,31H2,1-2H3/t29-,30-. The molecule has 0 amide bonds. The van der Waals surface area contributed by atoms with E-state index < -0.39 is 11.1 Å². The predicted molar refractivity (Wildman–Crippen MR) is 142 cm³/mol. The van der Waals surface area contributed by atoms with Crippen LogP contribution < -0.4 is 5.73 Å². The number of nitrogens with zero attached hydrogens (tertiary/aromatic N) is 4. The topological polar surface area (TPSA) is 89.3 Å². The normalized spacial score (nSPS) is 23.8. The number of pyridine rings is 1. The van der Waals surface area contributed by atoms with Crippen LogP contribution in [-0.2, 0) is 5.54 Å². The lowest BCUT2D eigenvalue weighted by Crippen LogP contribution is -2.58. The molecule has 0 atom stereocenters. The molecule has 7 rings (SSSR count). The van der Waals surface area contributed by atoms with Gasteiger partial charge in [0.1, 0.15) is 0 Å². The van der Waals surface area contributed by atoms with Gasteiger partial charge in [-0.05, 0) is 56.7 Å². The lowest BCUT2D eigenvalue weighted by atomic mass is 9.63. The molecule has 3 N–H and O–H groups in total. The van der Waals surface area contributed by atoms with Crippen LogP contribution in [0.4, 0.5) is 0 Å². The Morgan fingerprint density at radius 3 is 2.33 bits per heavy atom. The molecule has 2 aliphatic carbocycles. The van der Waals surface area contributed by atoms with Gasteiger partial charge >= 0.3 is 0 Å². The van der Waals surface area contributed by atoms with Crippen LogP contribution in [0.2, 0.25) is 0 Å². The fraction of sp³-hybridized carbons (Fsp3) is 0.300. The largest absolute Gasteiger partial charge is 0.390 e. The summed E-state index contributed by atoms with van der Waals surface area (Å²) in [5.41, 5.74) is 14.3. The summed E-state index contributed by atoms with van der Waals surface area (Å²) < 4.78 is 1.91. The van der Waals surface area contributed by atoms with E-state index in [4.69, 9.17) is 20.8 Å². The van der Waals surface area contributed by atoms with E-state index in [0.717, 1.165) is 56.0 Å². The third kappa shape index (κ3) is 3.44. The Balaban J connectivity index is 1.42. The van der Waals surface area contributed by atoms with Crippen molar-refractivity contribution >= 4 is 16.7 Å². The molecule has 6 heteroatoms. The first-order valence-corrected chi connectivity index (χ1v) is 12.7. The lowest BCUT2D eigenvalue weighted by Gasteiger charge is -2.49. The minimum Gasteiger partial charge on any atom is -0.390 e. The second-order valence-electron chi connectivity index (χ2n) is 11.0. The highest BCUT2D eigenvalue weighted by Gasteiger charge is 2.49. The van der Waals surface area contributed by atoms with Gasteiger partial charge in [0.05, 0.1) is 22.7 Å². The van der Waals surface area contributed by atoms with Gasteiger partial charge < -0.3 is 10.8 Å². The number of nitrogens with two attached hydrogens (primary N) is 1. The number of rotatable bonds is 4. The monoisotopic (exact) mass is 475 g/mol. The lowest BCUT2D eigenvalue weighted by molar-refractivity contribution is -0.0738. The quantitative estimate of drug-likeness (QED) is 0.358. The van der Waals surface area contributed by atoms with Crippen LogP contribution in [-0.4, -0.2) is 30.3 Å². The van der Waals surface area contributed by atoms with Crippen LogP contribution in [0.5, 0.6) is 0 Å². The number of hydrogen-bond donors (Lipinski definition) is 2. The van der Waals surface area contributed by atoms with Gasteiger partial charge in [0.2, 0.25) is 0 Å². The molecule has 0 bridgehead atoms. The van der Waals surface area contributed by atoms with Gasteiger partial charge in [-0.25, -0.2) is 9.97 Å². The maximum absolute atomic E-state index is 10.3. The fourth-order valence-corrected chi connectivity index (χ4v) is 5.90. The van der Waals surface area contributed by atoms with Crippen LogP contribution in [0.1, 0.15) is 55.5 Å². The molecule has 0 unspecified atom stereocenters. The third-order valence-electron chi connectivity index (χ3n) is 7.79. The van der Waals surface area contributed by atoms with E-state index in [1.807, 2.05) is 24.4 Å². The Morgan fingerprint density at radius 2 is 1.67 bits per heavy atom. The van der Waals surface area contributed by atoms with Gasteiger partial charge in [0.25, 0.3) is 0 Å². The van der Waals surface area contributed by atoms with Gasteiger partial charge in [-0.2, -0.15) is 9.61 Å². The molecule has 6 nitrogen and oxygen atoms in total. The summed E-state index contributed by atoms with van der Waals surface area (Å²) in [7, 11) is 0. The highest BCUT2D eigenvalue weighted by atomic mass is 16.3. The summed E-state index contributed by atoms with van der Waals surface area (Å²) in [5.74, 6) is 0.550. The van der Waals surface area contributed by atoms with Crippen molar-refractivity contribution < 1.29 is 5.11 Å². The third-order valence-corrected chi connectivity index (χ3v) is 7.79. The maximum atomic E-state index is 10.3. The first-order chi connectivity index (χ1) is 17.3. The average Bonchev–Trinajstić information content (AvgIpc) is 3.62. The number of aliphatic hydroxyl groups is 1. The van der Waals surface area contributed by atoms with Crippen molar-refractivity contribution in [1.82, 2.24) is 19.6 Å². The van der Waals surface area contributed by atoms with Crippen LogP contribution >= 0.6 is 0 Å². The van der Waals surface area contributed by atoms with E-state index >= 15 is 0 Å². The summed E-state index contributed by atoms with van der Waals surface area (Å²) >= 11 is 0. The highest BCUT2D eigenvalue weighted by molar-refractivity contribution is 5.92. The summed E-state index contributed by atoms with van der Waals surface area (Å²) in [4.78, 5) is 10.1. The Bertz CT molecular complexity index is 1620. The number of aromatic nitrogens is 4. The molecule has 36 heavy (non-hydrogen) atoms. The molecule has 3 heterocycles. The van der Waals surface area contributed by atoms with Crippen LogP contribution in [0.25, 0.3) is 39.1 Å². The first kappa shape index (κ1) is 21.7. The van der Waals surface area contributed by atoms with Crippen molar-refractivity contribution in [1.29, 1.82) is 0 Å². The van der Waals surface area contributed by atoms with Crippen LogP contribution in [0, 0.1) is 6.92 Å². The number of aryl methyl sites for hydroxylation is 1. The van der Waals surface area contributed by atoms with Gasteiger partial charge in [0.15, 0.2) is 11.3 Å². The molecule has 0 spiro atoms. The predicted octanol–water partition coefficient (Wildman–Crippen LogP) is 5.50. The van der Waals surface area contributed by atoms with Crippen LogP contribution in [0.15, 0.2) is 66.7 Å².